The number of methoxy groups -OCH3 is 1. The van der Waals surface area contributed by atoms with Crippen LogP contribution in [0.25, 0.3) is 0 Å². The number of hydrogen-bond donors (Lipinski definition) is 2. The van der Waals surface area contributed by atoms with Crippen LogP contribution in [-0.2, 0) is 34.3 Å². The number of amides is 2. The minimum Gasteiger partial charge on any atom is -0.497 e. The highest BCUT2D eigenvalue weighted by atomic mass is 32.2. The molecule has 0 aliphatic carbocycles. The van der Waals surface area contributed by atoms with Crippen LogP contribution in [0.15, 0.2) is 76.6 Å². The summed E-state index contributed by atoms with van der Waals surface area (Å²) in [6.45, 7) is 4.00. The number of nitrogens with zero attached hydrogens (tertiary/aromatic N) is 1. The van der Waals surface area contributed by atoms with Crippen molar-refractivity contribution >= 4 is 27.7 Å². The quantitative estimate of drug-likeness (QED) is 0.441. The van der Waals surface area contributed by atoms with E-state index < -0.39 is 15.9 Å². The van der Waals surface area contributed by atoms with Gasteiger partial charge in [0.2, 0.25) is 15.9 Å². The molecule has 0 saturated carbocycles. The van der Waals surface area contributed by atoms with Gasteiger partial charge >= 0.3 is 0 Å². The molecule has 4 rings (SSSR count). The van der Waals surface area contributed by atoms with Gasteiger partial charge in [-0.05, 0) is 54.5 Å². The van der Waals surface area contributed by atoms with Crippen LogP contribution in [0, 0.1) is 0 Å². The Balaban J connectivity index is 1.33. The zero-order valence-electron chi connectivity index (χ0n) is 19.1. The first kappa shape index (κ1) is 24.2. The lowest BCUT2D eigenvalue weighted by molar-refractivity contribution is -0.112. The predicted molar refractivity (Wildman–Crippen MR) is 129 cm³/mol. The van der Waals surface area contributed by atoms with Crippen molar-refractivity contribution in [2.75, 3.05) is 19.0 Å². The number of ether oxygens (including phenoxy) is 1. The Bertz CT molecular complexity index is 1320. The van der Waals surface area contributed by atoms with E-state index >= 15 is 0 Å². The molecule has 2 aromatic carbocycles. The molecule has 1 aliphatic heterocycles. The predicted octanol–water partition coefficient (Wildman–Crippen LogP) is 3.09. The molecule has 0 saturated heterocycles. The van der Waals surface area contributed by atoms with Crippen LogP contribution in [0.2, 0.25) is 0 Å². The lowest BCUT2D eigenvalue weighted by atomic mass is 10.1. The highest BCUT2D eigenvalue weighted by Gasteiger charge is 2.33. The molecule has 0 atom stereocenters. The smallest absolute Gasteiger partial charge is 0.251 e. The number of furan rings is 1. The number of benzene rings is 2. The van der Waals surface area contributed by atoms with E-state index in [1.807, 2.05) is 24.3 Å². The molecule has 0 spiro atoms. The average molecular weight is 496 g/mol. The van der Waals surface area contributed by atoms with E-state index in [0.29, 0.717) is 29.9 Å². The van der Waals surface area contributed by atoms with E-state index in [-0.39, 0.29) is 29.8 Å². The van der Waals surface area contributed by atoms with Crippen LogP contribution < -0.4 is 15.4 Å². The summed E-state index contributed by atoms with van der Waals surface area (Å²) in [5.41, 5.74) is 2.11. The monoisotopic (exact) mass is 495 g/mol. The Morgan fingerprint density at radius 3 is 2.46 bits per heavy atom. The fraction of sp³-hybridized carbons (Fsp3) is 0.200. The average Bonchev–Trinajstić information content (AvgIpc) is 3.43. The highest BCUT2D eigenvalue weighted by molar-refractivity contribution is 7.89. The van der Waals surface area contributed by atoms with E-state index in [9.17, 15) is 18.0 Å². The van der Waals surface area contributed by atoms with Gasteiger partial charge in [0.15, 0.2) is 5.88 Å². The first-order valence-corrected chi connectivity index (χ1v) is 12.3. The van der Waals surface area contributed by atoms with Crippen molar-refractivity contribution in [1.29, 1.82) is 0 Å². The minimum absolute atomic E-state index is 0.0508. The summed E-state index contributed by atoms with van der Waals surface area (Å²) in [4.78, 5) is 23.9. The van der Waals surface area contributed by atoms with Crippen molar-refractivity contribution in [2.24, 2.45) is 0 Å². The Morgan fingerprint density at radius 1 is 1.11 bits per heavy atom. The van der Waals surface area contributed by atoms with Crippen molar-refractivity contribution in [2.45, 2.75) is 24.4 Å². The third kappa shape index (κ3) is 5.44. The molecule has 182 valence electrons. The van der Waals surface area contributed by atoms with Gasteiger partial charge in [0, 0.05) is 30.3 Å². The van der Waals surface area contributed by atoms with Gasteiger partial charge in [-0.1, -0.05) is 18.7 Å². The van der Waals surface area contributed by atoms with Crippen molar-refractivity contribution in [3.05, 3.63) is 89.7 Å². The molecule has 1 aliphatic rings. The second-order valence-corrected chi connectivity index (χ2v) is 9.84. The van der Waals surface area contributed by atoms with Gasteiger partial charge in [-0.2, -0.15) is 4.31 Å². The molecule has 35 heavy (non-hydrogen) atoms. The summed E-state index contributed by atoms with van der Waals surface area (Å²) in [6, 6.07) is 15.0. The molecule has 3 aromatic rings. The number of carbonyl (C=O) groups is 2. The number of sulfonamides is 1. The van der Waals surface area contributed by atoms with Gasteiger partial charge in [-0.3, -0.25) is 14.9 Å². The summed E-state index contributed by atoms with van der Waals surface area (Å²) in [5.74, 6) is 0.802. The van der Waals surface area contributed by atoms with Crippen molar-refractivity contribution < 1.29 is 27.2 Å². The number of carbonyl (C=O) groups excluding carboxylic acids is 2. The van der Waals surface area contributed by atoms with E-state index in [2.05, 4.69) is 17.2 Å². The topological polar surface area (TPSA) is 118 Å². The van der Waals surface area contributed by atoms with Crippen LogP contribution in [-0.4, -0.2) is 38.2 Å². The molecule has 1 aromatic heterocycles. The van der Waals surface area contributed by atoms with Crippen LogP contribution in [0.4, 0.5) is 5.88 Å². The van der Waals surface area contributed by atoms with Crippen LogP contribution in [0.1, 0.15) is 27.2 Å². The van der Waals surface area contributed by atoms with E-state index in [4.69, 9.17) is 9.15 Å². The number of hydrogen-bond acceptors (Lipinski definition) is 6. The van der Waals surface area contributed by atoms with Crippen LogP contribution in [0.5, 0.6) is 5.75 Å². The third-order valence-corrected chi connectivity index (χ3v) is 7.41. The Kier molecular flexibility index (Phi) is 7.04. The van der Waals surface area contributed by atoms with Crippen LogP contribution >= 0.6 is 0 Å². The molecule has 0 radical (unpaired) electrons. The molecule has 2 amide bonds. The zero-order chi connectivity index (χ0) is 25.0. The van der Waals surface area contributed by atoms with E-state index in [1.165, 1.54) is 28.6 Å². The molecule has 0 unspecified atom stereocenters. The summed E-state index contributed by atoms with van der Waals surface area (Å²) in [5, 5.41) is 5.36. The summed E-state index contributed by atoms with van der Waals surface area (Å²) in [7, 11) is -2.18. The fourth-order valence-corrected chi connectivity index (χ4v) is 5.06. The molecule has 2 heterocycles. The first-order valence-electron chi connectivity index (χ1n) is 10.9. The minimum atomic E-state index is -3.79. The second kappa shape index (κ2) is 10.2. The molecular weight excluding hydrogens is 470 g/mol. The summed E-state index contributed by atoms with van der Waals surface area (Å²) in [6.07, 6.45) is 1.78. The molecule has 9 nitrogen and oxygen atoms in total. The summed E-state index contributed by atoms with van der Waals surface area (Å²) < 4.78 is 38.1. The van der Waals surface area contributed by atoms with Gasteiger partial charge in [0.05, 0.1) is 18.6 Å². The highest BCUT2D eigenvalue weighted by Crippen LogP contribution is 2.32. The largest absolute Gasteiger partial charge is 0.497 e. The van der Waals surface area contributed by atoms with Gasteiger partial charge < -0.3 is 14.5 Å². The lowest BCUT2D eigenvalue weighted by Crippen LogP contribution is -2.27. The van der Waals surface area contributed by atoms with Crippen molar-refractivity contribution in [1.82, 2.24) is 9.62 Å². The Morgan fingerprint density at radius 2 is 1.83 bits per heavy atom. The fourth-order valence-electron chi connectivity index (χ4n) is 3.69. The Hall–Kier alpha value is -3.89. The Labute approximate surface area is 203 Å². The second-order valence-electron chi connectivity index (χ2n) is 7.90. The summed E-state index contributed by atoms with van der Waals surface area (Å²) >= 11 is 0. The van der Waals surface area contributed by atoms with Gasteiger partial charge in [0.1, 0.15) is 11.5 Å². The van der Waals surface area contributed by atoms with Gasteiger partial charge in [0.25, 0.3) is 5.91 Å². The van der Waals surface area contributed by atoms with Gasteiger partial charge in [-0.25, -0.2) is 8.42 Å². The lowest BCUT2D eigenvalue weighted by Gasteiger charge is -2.16. The number of anilines is 1. The van der Waals surface area contributed by atoms with E-state index in [0.717, 1.165) is 17.4 Å². The number of nitrogens with one attached hydrogen (secondary N) is 2. The maximum Gasteiger partial charge on any atom is 0.251 e. The first-order chi connectivity index (χ1) is 16.8. The standard InChI is InChI=1S/C25H25N3O6S/c1-3-23(29)27-24-14-19-15-28(16-22(19)34-24)35(31,32)21-10-6-18(7-11-21)25(30)26-13-12-17-4-8-20(33-2)9-5-17/h3-11,14H,1,12-13,15-16H2,2H3,(H,26,30)(H,27,29). The van der Waals surface area contributed by atoms with Crippen molar-refractivity contribution in [3.63, 3.8) is 0 Å². The van der Waals surface area contributed by atoms with E-state index in [1.54, 1.807) is 13.2 Å². The normalized spacial score (nSPS) is 13.2. The number of fused-ring (bicyclic) bond motifs is 1. The van der Waals surface area contributed by atoms with Gasteiger partial charge in [-0.15, -0.1) is 0 Å². The van der Waals surface area contributed by atoms with Crippen molar-refractivity contribution in [3.8, 4) is 5.75 Å². The molecule has 0 bridgehead atoms. The molecule has 10 heteroatoms. The SMILES string of the molecule is C=CC(=O)Nc1cc2c(o1)CN(S(=O)(=O)c1ccc(C(=O)NCCc3ccc(OC)cc3)cc1)C2. The maximum atomic E-state index is 13.1. The molecule has 0 fully saturated rings. The number of rotatable bonds is 9. The zero-order valence-corrected chi connectivity index (χ0v) is 19.9. The van der Waals surface area contributed by atoms with Crippen LogP contribution in [0.3, 0.4) is 0 Å². The maximum absolute atomic E-state index is 13.1. The molecular formula is C25H25N3O6S. The third-order valence-electron chi connectivity index (χ3n) is 5.61. The molecule has 2 N–H and O–H groups in total.